The number of esters is 1. The van der Waals surface area contributed by atoms with Gasteiger partial charge in [-0.3, -0.25) is 9.59 Å². The van der Waals surface area contributed by atoms with Gasteiger partial charge >= 0.3 is 5.97 Å². The highest BCUT2D eigenvalue weighted by molar-refractivity contribution is 5.77. The maximum Gasteiger partial charge on any atom is 0.306 e. The van der Waals surface area contributed by atoms with E-state index in [0.29, 0.717) is 19.3 Å². The molecule has 0 aliphatic rings. The SMILES string of the molecule is CCCCC/C=C/C=C/C=C/C=C/CCCCCCCC(=O)OC(CCCCCCCCCCCCCCCC)CC(=O)NC(CO)C(O)CCCCCCCCCCCCCC. The lowest BCUT2D eigenvalue weighted by molar-refractivity contribution is -0.151. The van der Waals surface area contributed by atoms with Crippen LogP contribution in [0.25, 0.3) is 0 Å². The molecule has 1 amide bonds. The summed E-state index contributed by atoms with van der Waals surface area (Å²) < 4.78 is 5.94. The first-order chi connectivity index (χ1) is 31.0. The Bertz CT molecular complexity index is 1080. The summed E-state index contributed by atoms with van der Waals surface area (Å²) in [5.74, 6) is -0.489. The zero-order valence-electron chi connectivity index (χ0n) is 42.0. The average molecular weight is 884 g/mol. The minimum absolute atomic E-state index is 0.0706. The Hall–Kier alpha value is -2.18. The van der Waals surface area contributed by atoms with Gasteiger partial charge in [0.15, 0.2) is 0 Å². The molecule has 0 aliphatic carbocycles. The van der Waals surface area contributed by atoms with E-state index < -0.39 is 18.2 Å². The largest absolute Gasteiger partial charge is 0.462 e. The minimum atomic E-state index is -0.790. The van der Waals surface area contributed by atoms with Crippen molar-refractivity contribution in [1.82, 2.24) is 5.32 Å². The van der Waals surface area contributed by atoms with Crippen molar-refractivity contribution in [3.8, 4) is 0 Å². The van der Waals surface area contributed by atoms with Crippen LogP contribution >= 0.6 is 0 Å². The Balaban J connectivity index is 4.60. The Morgan fingerprint density at radius 3 is 1.25 bits per heavy atom. The third kappa shape index (κ3) is 46.2. The number of hydrogen-bond acceptors (Lipinski definition) is 5. The summed E-state index contributed by atoms with van der Waals surface area (Å²) in [5, 5.41) is 23.8. The summed E-state index contributed by atoms with van der Waals surface area (Å²) >= 11 is 0. The molecule has 0 saturated heterocycles. The van der Waals surface area contributed by atoms with Crippen LogP contribution in [0.1, 0.15) is 278 Å². The van der Waals surface area contributed by atoms with Crippen LogP contribution in [0.3, 0.4) is 0 Å². The van der Waals surface area contributed by atoms with E-state index in [0.717, 1.165) is 77.0 Å². The van der Waals surface area contributed by atoms with E-state index >= 15 is 0 Å². The number of nitrogens with one attached hydrogen (secondary N) is 1. The summed E-state index contributed by atoms with van der Waals surface area (Å²) in [4.78, 5) is 26.2. The summed E-state index contributed by atoms with van der Waals surface area (Å²) in [5.41, 5.74) is 0. The number of rotatable bonds is 49. The van der Waals surface area contributed by atoms with Crippen molar-refractivity contribution in [2.24, 2.45) is 0 Å². The van der Waals surface area contributed by atoms with Gasteiger partial charge < -0.3 is 20.3 Å². The zero-order chi connectivity index (χ0) is 45.9. The molecule has 368 valence electrons. The summed E-state index contributed by atoms with van der Waals surface area (Å²) in [6, 6.07) is -0.705. The van der Waals surface area contributed by atoms with E-state index in [2.05, 4.69) is 74.7 Å². The Morgan fingerprint density at radius 2 is 0.810 bits per heavy atom. The van der Waals surface area contributed by atoms with Crippen molar-refractivity contribution < 1.29 is 24.5 Å². The van der Waals surface area contributed by atoms with Gasteiger partial charge in [0, 0.05) is 6.42 Å². The fraction of sp³-hybridized carbons (Fsp3) is 0.825. The molecule has 0 saturated carbocycles. The second-order valence-electron chi connectivity index (χ2n) is 18.7. The molecule has 0 heterocycles. The molecule has 0 spiro atoms. The molecule has 0 aromatic rings. The van der Waals surface area contributed by atoms with Crippen LogP contribution in [-0.2, 0) is 14.3 Å². The van der Waals surface area contributed by atoms with Crippen LogP contribution in [0, 0.1) is 0 Å². The van der Waals surface area contributed by atoms with Crippen LogP contribution in [0.2, 0.25) is 0 Å². The number of carbonyl (C=O) groups is 2. The average Bonchev–Trinajstić information content (AvgIpc) is 3.28. The number of allylic oxidation sites excluding steroid dienone is 8. The summed E-state index contributed by atoms with van der Waals surface area (Å²) in [7, 11) is 0. The van der Waals surface area contributed by atoms with Crippen LogP contribution in [-0.4, -0.2) is 46.9 Å². The molecule has 0 aromatic carbocycles. The van der Waals surface area contributed by atoms with Crippen molar-refractivity contribution in [2.75, 3.05) is 6.61 Å². The maximum absolute atomic E-state index is 13.2. The molecule has 0 fully saturated rings. The maximum atomic E-state index is 13.2. The van der Waals surface area contributed by atoms with Crippen molar-refractivity contribution in [2.45, 2.75) is 296 Å². The monoisotopic (exact) mass is 884 g/mol. The number of hydrogen-bond donors (Lipinski definition) is 3. The van der Waals surface area contributed by atoms with Gasteiger partial charge in [0.1, 0.15) is 6.10 Å². The molecule has 6 heteroatoms. The third-order valence-corrected chi connectivity index (χ3v) is 12.5. The predicted molar refractivity (Wildman–Crippen MR) is 273 cm³/mol. The van der Waals surface area contributed by atoms with Crippen molar-refractivity contribution >= 4 is 11.9 Å². The van der Waals surface area contributed by atoms with Gasteiger partial charge in [-0.15, -0.1) is 0 Å². The van der Waals surface area contributed by atoms with Crippen LogP contribution in [0.5, 0.6) is 0 Å². The first-order valence-corrected chi connectivity index (χ1v) is 27.4. The number of aliphatic hydroxyl groups excluding tert-OH is 2. The molecule has 0 aliphatic heterocycles. The fourth-order valence-electron chi connectivity index (χ4n) is 8.33. The van der Waals surface area contributed by atoms with Crippen molar-refractivity contribution in [3.05, 3.63) is 48.6 Å². The number of amides is 1. The molecule has 0 radical (unpaired) electrons. The molecular formula is C57H105NO5. The van der Waals surface area contributed by atoms with Gasteiger partial charge in [-0.1, -0.05) is 262 Å². The second-order valence-corrected chi connectivity index (χ2v) is 18.7. The second kappa shape index (κ2) is 50.8. The topological polar surface area (TPSA) is 95.9 Å². The molecule has 3 N–H and O–H groups in total. The molecule has 0 aromatic heterocycles. The van der Waals surface area contributed by atoms with Crippen molar-refractivity contribution in [3.63, 3.8) is 0 Å². The third-order valence-electron chi connectivity index (χ3n) is 12.5. The van der Waals surface area contributed by atoms with Crippen molar-refractivity contribution in [1.29, 1.82) is 0 Å². The fourth-order valence-corrected chi connectivity index (χ4v) is 8.33. The Kier molecular flexibility index (Phi) is 49.1. The van der Waals surface area contributed by atoms with Crippen LogP contribution < -0.4 is 5.32 Å². The van der Waals surface area contributed by atoms with Crippen LogP contribution in [0.4, 0.5) is 0 Å². The molecule has 0 bridgehead atoms. The summed E-state index contributed by atoms with van der Waals surface area (Å²) in [6.07, 6.45) is 61.6. The first kappa shape index (κ1) is 60.8. The number of unbranched alkanes of at least 4 members (excludes halogenated alkanes) is 32. The number of carbonyl (C=O) groups excluding carboxylic acids is 2. The molecule has 3 unspecified atom stereocenters. The smallest absolute Gasteiger partial charge is 0.306 e. The Morgan fingerprint density at radius 1 is 0.460 bits per heavy atom. The Labute approximate surface area is 391 Å². The minimum Gasteiger partial charge on any atom is -0.462 e. The molecule has 0 rings (SSSR count). The van der Waals surface area contributed by atoms with E-state index in [1.807, 2.05) is 0 Å². The van der Waals surface area contributed by atoms with E-state index in [4.69, 9.17) is 4.74 Å². The lowest BCUT2D eigenvalue weighted by Gasteiger charge is -2.24. The highest BCUT2D eigenvalue weighted by Gasteiger charge is 2.24. The standard InChI is InChI=1S/C57H105NO5/c1-4-7-10-13-16-19-22-25-27-28-29-30-32-35-38-41-44-47-50-57(62)63-53(48-45-42-39-36-33-31-26-23-20-17-14-11-8-5-2)51-56(61)58-54(52-59)55(60)49-46-43-40-37-34-24-21-18-15-12-9-6-3/h16,19,22,25,27-30,53-55,59-60H,4-15,17-18,20-21,23-24,26,31-52H2,1-3H3,(H,58,61)/b19-16+,25-22+,28-27+,30-29+. The van der Waals surface area contributed by atoms with E-state index in [1.54, 1.807) is 0 Å². The predicted octanol–water partition coefficient (Wildman–Crippen LogP) is 16.6. The lowest BCUT2D eigenvalue weighted by atomic mass is 10.0. The normalized spacial score (nSPS) is 13.5. The molecule has 63 heavy (non-hydrogen) atoms. The van der Waals surface area contributed by atoms with Gasteiger partial charge in [0.25, 0.3) is 0 Å². The highest BCUT2D eigenvalue weighted by Crippen LogP contribution is 2.18. The highest BCUT2D eigenvalue weighted by atomic mass is 16.5. The van der Waals surface area contributed by atoms with E-state index in [-0.39, 0.29) is 24.9 Å². The zero-order valence-corrected chi connectivity index (χ0v) is 42.0. The lowest BCUT2D eigenvalue weighted by Crippen LogP contribution is -2.46. The van der Waals surface area contributed by atoms with E-state index in [1.165, 1.54) is 154 Å². The summed E-state index contributed by atoms with van der Waals surface area (Å²) in [6.45, 7) is 6.46. The van der Waals surface area contributed by atoms with Gasteiger partial charge in [-0.05, 0) is 51.4 Å². The number of ether oxygens (including phenoxy) is 1. The quantitative estimate of drug-likeness (QED) is 0.0321. The van der Waals surface area contributed by atoms with E-state index in [9.17, 15) is 19.8 Å². The number of aliphatic hydroxyl groups is 2. The molecule has 3 atom stereocenters. The van der Waals surface area contributed by atoms with Crippen LogP contribution in [0.15, 0.2) is 48.6 Å². The molecule has 6 nitrogen and oxygen atoms in total. The van der Waals surface area contributed by atoms with Gasteiger partial charge in [0.05, 0.1) is 25.2 Å². The van der Waals surface area contributed by atoms with Gasteiger partial charge in [-0.25, -0.2) is 0 Å². The van der Waals surface area contributed by atoms with Gasteiger partial charge in [0.2, 0.25) is 5.91 Å². The first-order valence-electron chi connectivity index (χ1n) is 27.4. The van der Waals surface area contributed by atoms with Gasteiger partial charge in [-0.2, -0.15) is 0 Å². The molecular weight excluding hydrogens is 779 g/mol.